The summed E-state index contributed by atoms with van der Waals surface area (Å²) in [4.78, 5) is 0. The molecule has 1 heterocycles. The van der Waals surface area contributed by atoms with Crippen LogP contribution in [0.1, 0.15) is 17.2 Å². The Hall–Kier alpha value is 0.420. The predicted octanol–water partition coefficient (Wildman–Crippen LogP) is 5.66. The van der Waals surface area contributed by atoms with Crippen molar-refractivity contribution in [1.82, 2.24) is 0 Å². The van der Waals surface area contributed by atoms with Crippen LogP contribution in [-0.4, -0.2) is 5.11 Å². The Kier molecular flexibility index (Phi) is 4.55. The summed E-state index contributed by atoms with van der Waals surface area (Å²) in [5.74, 6) is 0. The number of halogens is 4. The maximum atomic E-state index is 10.3. The van der Waals surface area contributed by atoms with Crippen LogP contribution in [0.15, 0.2) is 33.2 Å². The lowest BCUT2D eigenvalue weighted by molar-refractivity contribution is 0.220. The van der Waals surface area contributed by atoms with Crippen molar-refractivity contribution in [3.05, 3.63) is 53.0 Å². The number of hydrogen-bond acceptors (Lipinski definition) is 2. The van der Waals surface area contributed by atoms with E-state index in [-0.39, 0.29) is 0 Å². The first kappa shape index (κ1) is 13.8. The molecule has 0 amide bonds. The lowest BCUT2D eigenvalue weighted by Crippen LogP contribution is -1.99. The standard InChI is InChI=1S/C11H6Br2Cl2OS/c12-5-1-2-8(13)6(3-5)10(16)7-4-9(14)17-11(7)15/h1-4,10,16H. The maximum absolute atomic E-state index is 10.3. The summed E-state index contributed by atoms with van der Waals surface area (Å²) < 4.78 is 2.79. The Morgan fingerprint density at radius 3 is 2.41 bits per heavy atom. The average Bonchev–Trinajstić information content (AvgIpc) is 2.60. The van der Waals surface area contributed by atoms with Gasteiger partial charge in [0, 0.05) is 20.1 Å². The van der Waals surface area contributed by atoms with Gasteiger partial charge < -0.3 is 5.11 Å². The summed E-state index contributed by atoms with van der Waals surface area (Å²) in [5, 5.41) is 10.3. The van der Waals surface area contributed by atoms with E-state index in [0.717, 1.165) is 14.5 Å². The second-order valence-electron chi connectivity index (χ2n) is 3.35. The monoisotopic (exact) mass is 414 g/mol. The molecule has 0 bridgehead atoms. The van der Waals surface area contributed by atoms with Gasteiger partial charge in [0.2, 0.25) is 0 Å². The topological polar surface area (TPSA) is 20.2 Å². The van der Waals surface area contributed by atoms with Gasteiger partial charge in [-0.1, -0.05) is 55.1 Å². The fraction of sp³-hybridized carbons (Fsp3) is 0.0909. The molecule has 0 fully saturated rings. The van der Waals surface area contributed by atoms with Gasteiger partial charge in [-0.25, -0.2) is 0 Å². The van der Waals surface area contributed by atoms with E-state index < -0.39 is 6.10 Å². The van der Waals surface area contributed by atoms with Crippen molar-refractivity contribution in [2.45, 2.75) is 6.10 Å². The van der Waals surface area contributed by atoms with E-state index in [2.05, 4.69) is 31.9 Å². The zero-order chi connectivity index (χ0) is 12.6. The summed E-state index contributed by atoms with van der Waals surface area (Å²) in [5.41, 5.74) is 1.37. The van der Waals surface area contributed by atoms with E-state index >= 15 is 0 Å². The second-order valence-corrected chi connectivity index (χ2v) is 7.40. The van der Waals surface area contributed by atoms with Crippen LogP contribution in [0, 0.1) is 0 Å². The molecule has 90 valence electrons. The summed E-state index contributed by atoms with van der Waals surface area (Å²) in [6.45, 7) is 0. The summed E-state index contributed by atoms with van der Waals surface area (Å²) in [6, 6.07) is 7.29. The van der Waals surface area contributed by atoms with E-state index in [4.69, 9.17) is 23.2 Å². The molecule has 1 atom stereocenters. The molecule has 2 rings (SSSR count). The van der Waals surface area contributed by atoms with Gasteiger partial charge in [-0.05, 0) is 24.3 Å². The van der Waals surface area contributed by atoms with Crippen LogP contribution in [0.3, 0.4) is 0 Å². The van der Waals surface area contributed by atoms with E-state index in [1.54, 1.807) is 6.07 Å². The van der Waals surface area contributed by atoms with Crippen LogP contribution in [0.2, 0.25) is 8.67 Å². The highest BCUT2D eigenvalue weighted by atomic mass is 79.9. The maximum Gasteiger partial charge on any atom is 0.107 e. The minimum absolute atomic E-state index is 0.509. The van der Waals surface area contributed by atoms with Crippen molar-refractivity contribution in [1.29, 1.82) is 0 Å². The van der Waals surface area contributed by atoms with Crippen molar-refractivity contribution in [3.8, 4) is 0 Å². The van der Waals surface area contributed by atoms with Crippen LogP contribution in [0.25, 0.3) is 0 Å². The third kappa shape index (κ3) is 3.06. The van der Waals surface area contributed by atoms with Crippen LogP contribution < -0.4 is 0 Å². The molecule has 6 heteroatoms. The van der Waals surface area contributed by atoms with E-state index in [9.17, 15) is 5.11 Å². The highest BCUT2D eigenvalue weighted by Crippen LogP contribution is 2.39. The molecule has 0 aliphatic carbocycles. The quantitative estimate of drug-likeness (QED) is 0.669. The first-order chi connectivity index (χ1) is 7.99. The van der Waals surface area contributed by atoms with E-state index in [0.29, 0.717) is 14.2 Å². The SMILES string of the molecule is OC(c1cc(Br)ccc1Br)c1cc(Cl)sc1Cl. The molecule has 17 heavy (non-hydrogen) atoms. The van der Waals surface area contributed by atoms with Crippen LogP contribution in [-0.2, 0) is 0 Å². The van der Waals surface area contributed by atoms with Crippen molar-refractivity contribution < 1.29 is 5.11 Å². The fourth-order valence-corrected chi connectivity index (χ4v) is 3.79. The Bertz CT molecular complexity index is 556. The van der Waals surface area contributed by atoms with Crippen molar-refractivity contribution in [3.63, 3.8) is 0 Å². The Labute approximate surface area is 130 Å². The molecule has 1 aromatic heterocycles. The van der Waals surface area contributed by atoms with Gasteiger partial charge in [0.25, 0.3) is 0 Å². The lowest BCUT2D eigenvalue weighted by Gasteiger charge is -2.12. The molecular weight excluding hydrogens is 411 g/mol. The molecule has 2 aromatic rings. The number of aliphatic hydroxyl groups is 1. The normalized spacial score (nSPS) is 12.8. The molecule has 1 nitrogen and oxygen atoms in total. The Morgan fingerprint density at radius 2 is 1.82 bits per heavy atom. The van der Waals surface area contributed by atoms with Crippen molar-refractivity contribution >= 4 is 66.4 Å². The van der Waals surface area contributed by atoms with Gasteiger partial charge in [-0.15, -0.1) is 11.3 Å². The molecule has 0 aliphatic rings. The Morgan fingerprint density at radius 1 is 1.12 bits per heavy atom. The second kappa shape index (κ2) is 5.59. The smallest absolute Gasteiger partial charge is 0.107 e. The van der Waals surface area contributed by atoms with Gasteiger partial charge in [0.1, 0.15) is 10.4 Å². The molecule has 0 aliphatic heterocycles. The molecule has 1 unspecified atom stereocenters. The van der Waals surface area contributed by atoms with Crippen LogP contribution in [0.5, 0.6) is 0 Å². The van der Waals surface area contributed by atoms with E-state index in [1.165, 1.54) is 11.3 Å². The third-order valence-electron chi connectivity index (χ3n) is 2.23. The van der Waals surface area contributed by atoms with Gasteiger partial charge in [0.15, 0.2) is 0 Å². The zero-order valence-electron chi connectivity index (χ0n) is 8.25. The Balaban J connectivity index is 2.46. The largest absolute Gasteiger partial charge is 0.384 e. The van der Waals surface area contributed by atoms with Crippen LogP contribution >= 0.6 is 66.4 Å². The minimum Gasteiger partial charge on any atom is -0.384 e. The number of benzene rings is 1. The molecular formula is C11H6Br2Cl2OS. The first-order valence-corrected chi connectivity index (χ1v) is 7.72. The number of rotatable bonds is 2. The summed E-state index contributed by atoms with van der Waals surface area (Å²) in [6.07, 6.45) is -0.793. The van der Waals surface area contributed by atoms with Gasteiger partial charge in [0.05, 0.1) is 4.34 Å². The minimum atomic E-state index is -0.793. The van der Waals surface area contributed by atoms with Gasteiger partial charge in [-0.2, -0.15) is 0 Å². The summed E-state index contributed by atoms with van der Waals surface area (Å²) in [7, 11) is 0. The highest BCUT2D eigenvalue weighted by molar-refractivity contribution is 9.11. The molecule has 1 N–H and O–H groups in total. The lowest BCUT2D eigenvalue weighted by atomic mass is 10.0. The highest BCUT2D eigenvalue weighted by Gasteiger charge is 2.19. The molecule has 0 saturated carbocycles. The van der Waals surface area contributed by atoms with Crippen LogP contribution in [0.4, 0.5) is 0 Å². The fourth-order valence-electron chi connectivity index (χ4n) is 1.43. The van der Waals surface area contributed by atoms with Crippen molar-refractivity contribution in [2.24, 2.45) is 0 Å². The predicted molar refractivity (Wildman–Crippen MR) is 80.2 cm³/mol. The van der Waals surface area contributed by atoms with Crippen molar-refractivity contribution in [2.75, 3.05) is 0 Å². The third-order valence-corrected chi connectivity index (χ3v) is 4.96. The molecule has 1 aromatic carbocycles. The number of hydrogen-bond donors (Lipinski definition) is 1. The zero-order valence-corrected chi connectivity index (χ0v) is 13.8. The first-order valence-electron chi connectivity index (χ1n) is 4.57. The number of aliphatic hydroxyl groups excluding tert-OH is 1. The van der Waals surface area contributed by atoms with Gasteiger partial charge in [-0.3, -0.25) is 0 Å². The molecule has 0 saturated heterocycles. The summed E-state index contributed by atoms with van der Waals surface area (Å²) >= 11 is 19.9. The number of thiophene rings is 1. The average molecular weight is 417 g/mol. The van der Waals surface area contributed by atoms with Gasteiger partial charge >= 0.3 is 0 Å². The molecule has 0 radical (unpaired) electrons. The molecule has 0 spiro atoms. The van der Waals surface area contributed by atoms with E-state index in [1.807, 2.05) is 18.2 Å².